The van der Waals surface area contributed by atoms with Gasteiger partial charge in [-0.2, -0.15) is 0 Å². The van der Waals surface area contributed by atoms with Gasteiger partial charge in [-0.05, 0) is 45.3 Å². The molecule has 4 heteroatoms. The Morgan fingerprint density at radius 2 is 1.20 bits per heavy atom. The molecule has 0 saturated carbocycles. The highest BCUT2D eigenvalue weighted by molar-refractivity contribution is 5.91. The van der Waals surface area contributed by atoms with E-state index in [1.54, 1.807) is 0 Å². The number of para-hydroxylation sites is 1. The molecule has 7 rings (SSSR count). The van der Waals surface area contributed by atoms with Gasteiger partial charge in [0.05, 0.1) is 0 Å². The van der Waals surface area contributed by atoms with Crippen LogP contribution in [0.1, 0.15) is 28.8 Å². The number of aromatic nitrogens is 2. The van der Waals surface area contributed by atoms with Gasteiger partial charge < -0.3 is 14.3 Å². The molecular formula is C36H28N2O2. The fraction of sp³-hybridized carbons (Fsp3) is 0.0833. The van der Waals surface area contributed by atoms with E-state index in [1.165, 1.54) is 0 Å². The van der Waals surface area contributed by atoms with Crippen molar-refractivity contribution in [2.45, 2.75) is 18.6 Å². The standard InChI is InChI=1S/C36H28N2O2/c39-36(34(38-21-7-8-22-38)23-27-24-37-33-20-6-5-17-30(27)33)40-35(31-18-9-13-25-11-1-3-15-28(25)31)32-19-10-14-26-12-2-4-16-29(26)32/h1-22,24,34-35,37H,23H2/t34-/m0/s1. The Hall–Kier alpha value is -5.09. The zero-order chi connectivity index (χ0) is 26.9. The zero-order valence-corrected chi connectivity index (χ0v) is 21.9. The summed E-state index contributed by atoms with van der Waals surface area (Å²) in [4.78, 5) is 17.6. The van der Waals surface area contributed by atoms with E-state index in [0.29, 0.717) is 6.42 Å². The van der Waals surface area contributed by atoms with Gasteiger partial charge in [-0.25, -0.2) is 4.79 Å². The molecule has 40 heavy (non-hydrogen) atoms. The van der Waals surface area contributed by atoms with Gasteiger partial charge in [0.2, 0.25) is 0 Å². The lowest BCUT2D eigenvalue weighted by Gasteiger charge is -2.25. The van der Waals surface area contributed by atoms with Crippen molar-refractivity contribution >= 4 is 38.4 Å². The molecular weight excluding hydrogens is 492 g/mol. The van der Waals surface area contributed by atoms with E-state index in [0.717, 1.165) is 49.1 Å². The van der Waals surface area contributed by atoms with Gasteiger partial charge in [0.25, 0.3) is 0 Å². The molecule has 0 bridgehead atoms. The monoisotopic (exact) mass is 520 g/mol. The zero-order valence-electron chi connectivity index (χ0n) is 21.9. The molecule has 0 unspecified atom stereocenters. The Bertz CT molecular complexity index is 1860. The number of hydrogen-bond acceptors (Lipinski definition) is 2. The Morgan fingerprint density at radius 3 is 1.85 bits per heavy atom. The molecule has 0 saturated heterocycles. The molecule has 5 aromatic carbocycles. The van der Waals surface area contributed by atoms with Gasteiger partial charge >= 0.3 is 5.97 Å². The Balaban J connectivity index is 1.34. The number of benzene rings is 5. The number of hydrogen-bond donors (Lipinski definition) is 1. The van der Waals surface area contributed by atoms with E-state index in [9.17, 15) is 4.79 Å². The number of nitrogens with zero attached hydrogens (tertiary/aromatic N) is 1. The van der Waals surface area contributed by atoms with Crippen LogP contribution >= 0.6 is 0 Å². The van der Waals surface area contributed by atoms with Crippen LogP contribution in [0.4, 0.5) is 0 Å². The summed E-state index contributed by atoms with van der Waals surface area (Å²) < 4.78 is 8.57. The summed E-state index contributed by atoms with van der Waals surface area (Å²) in [5.74, 6) is -0.271. The number of ether oxygens (including phenoxy) is 1. The molecule has 1 atom stereocenters. The van der Waals surface area contributed by atoms with Crippen LogP contribution in [0, 0.1) is 0 Å². The van der Waals surface area contributed by atoms with Crippen LogP contribution in [0.25, 0.3) is 32.4 Å². The third-order valence-corrected chi connectivity index (χ3v) is 7.79. The Labute approximate surface area is 232 Å². The SMILES string of the molecule is O=C(OC(c1cccc2ccccc12)c1cccc2ccccc12)[C@H](Cc1c[nH]c2ccccc12)n1cccc1. The number of carbonyl (C=O) groups excluding carboxylic acids is 1. The third kappa shape index (κ3) is 4.34. The van der Waals surface area contributed by atoms with Crippen LogP contribution in [0.5, 0.6) is 0 Å². The van der Waals surface area contributed by atoms with Gasteiger partial charge in [0.1, 0.15) is 6.04 Å². The summed E-state index contributed by atoms with van der Waals surface area (Å²) in [6.45, 7) is 0. The second-order valence-corrected chi connectivity index (χ2v) is 10.2. The summed E-state index contributed by atoms with van der Waals surface area (Å²) in [6.07, 6.45) is 5.80. The third-order valence-electron chi connectivity index (χ3n) is 7.79. The van der Waals surface area contributed by atoms with Crippen molar-refractivity contribution in [2.24, 2.45) is 0 Å². The summed E-state index contributed by atoms with van der Waals surface area (Å²) >= 11 is 0. The lowest BCUT2D eigenvalue weighted by Crippen LogP contribution is -2.25. The van der Waals surface area contributed by atoms with E-state index in [-0.39, 0.29) is 5.97 Å². The number of esters is 1. The number of carbonyl (C=O) groups is 1. The lowest BCUT2D eigenvalue weighted by atomic mass is 9.92. The minimum absolute atomic E-state index is 0.271. The molecule has 1 N–H and O–H groups in total. The normalized spacial score (nSPS) is 12.3. The maximum Gasteiger partial charge on any atom is 0.330 e. The molecule has 0 spiro atoms. The van der Waals surface area contributed by atoms with Crippen LogP contribution in [0.2, 0.25) is 0 Å². The van der Waals surface area contributed by atoms with E-state index >= 15 is 0 Å². The molecule has 0 fully saturated rings. The van der Waals surface area contributed by atoms with Gasteiger partial charge in [-0.1, -0.05) is 103 Å². The van der Waals surface area contributed by atoms with Crippen molar-refractivity contribution in [3.63, 3.8) is 0 Å². The van der Waals surface area contributed by atoms with E-state index in [1.807, 2.05) is 83.8 Å². The van der Waals surface area contributed by atoms with Crippen LogP contribution in [-0.4, -0.2) is 15.5 Å². The van der Waals surface area contributed by atoms with Crippen LogP contribution in [-0.2, 0) is 16.0 Å². The topological polar surface area (TPSA) is 47.0 Å². The van der Waals surface area contributed by atoms with Crippen LogP contribution in [0.15, 0.2) is 140 Å². The predicted molar refractivity (Wildman–Crippen MR) is 161 cm³/mol. The maximum atomic E-state index is 14.3. The average Bonchev–Trinajstić information content (AvgIpc) is 3.69. The summed E-state index contributed by atoms with van der Waals surface area (Å²) in [7, 11) is 0. The van der Waals surface area contributed by atoms with Gasteiger partial charge in [0, 0.05) is 47.0 Å². The summed E-state index contributed by atoms with van der Waals surface area (Å²) in [5.41, 5.74) is 4.09. The first-order chi connectivity index (χ1) is 19.8. The smallest absolute Gasteiger partial charge is 0.330 e. The second kappa shape index (κ2) is 10.2. The van der Waals surface area contributed by atoms with Gasteiger partial charge in [-0.3, -0.25) is 0 Å². The van der Waals surface area contributed by atoms with Crippen LogP contribution in [0.3, 0.4) is 0 Å². The molecule has 0 aliphatic carbocycles. The Morgan fingerprint density at radius 1 is 0.650 bits per heavy atom. The summed E-state index contributed by atoms with van der Waals surface area (Å²) in [6, 6.07) is 40.5. The molecule has 4 nitrogen and oxygen atoms in total. The summed E-state index contributed by atoms with van der Waals surface area (Å²) in [5, 5.41) is 5.49. The predicted octanol–water partition coefficient (Wildman–Crippen LogP) is 8.39. The van der Waals surface area contributed by atoms with Crippen molar-refractivity contribution in [1.82, 2.24) is 9.55 Å². The molecule has 0 aliphatic rings. The maximum absolute atomic E-state index is 14.3. The van der Waals surface area contributed by atoms with Crippen molar-refractivity contribution in [2.75, 3.05) is 0 Å². The molecule has 7 aromatic rings. The van der Waals surface area contributed by atoms with Gasteiger partial charge in [0.15, 0.2) is 6.10 Å². The van der Waals surface area contributed by atoms with Crippen LogP contribution < -0.4 is 0 Å². The van der Waals surface area contributed by atoms with E-state index in [4.69, 9.17) is 4.74 Å². The molecule has 0 aliphatic heterocycles. The quantitative estimate of drug-likeness (QED) is 0.215. The molecule has 2 aromatic heterocycles. The number of rotatable bonds is 7. The van der Waals surface area contributed by atoms with Crippen molar-refractivity contribution in [3.8, 4) is 0 Å². The second-order valence-electron chi connectivity index (χ2n) is 10.2. The average molecular weight is 521 g/mol. The highest BCUT2D eigenvalue weighted by atomic mass is 16.5. The van der Waals surface area contributed by atoms with Crippen molar-refractivity contribution < 1.29 is 9.53 Å². The fourth-order valence-corrected chi connectivity index (χ4v) is 5.82. The highest BCUT2D eigenvalue weighted by Gasteiger charge is 2.29. The first-order valence-corrected chi connectivity index (χ1v) is 13.6. The number of aromatic amines is 1. The number of fused-ring (bicyclic) bond motifs is 3. The van der Waals surface area contributed by atoms with Crippen molar-refractivity contribution in [1.29, 1.82) is 0 Å². The largest absolute Gasteiger partial charge is 0.451 e. The minimum Gasteiger partial charge on any atom is -0.451 e. The molecule has 0 radical (unpaired) electrons. The highest BCUT2D eigenvalue weighted by Crippen LogP contribution is 2.37. The lowest BCUT2D eigenvalue weighted by molar-refractivity contribution is -0.151. The molecule has 194 valence electrons. The molecule has 0 amide bonds. The molecule has 2 heterocycles. The van der Waals surface area contributed by atoms with E-state index in [2.05, 4.69) is 65.6 Å². The Kier molecular flexibility index (Phi) is 6.14. The number of H-pyrrole nitrogens is 1. The first kappa shape index (κ1) is 24.0. The van der Waals surface area contributed by atoms with Gasteiger partial charge in [-0.15, -0.1) is 0 Å². The number of nitrogens with one attached hydrogen (secondary N) is 1. The minimum atomic E-state index is -0.578. The first-order valence-electron chi connectivity index (χ1n) is 13.6. The van der Waals surface area contributed by atoms with E-state index < -0.39 is 12.1 Å². The fourth-order valence-electron chi connectivity index (χ4n) is 5.82. The van der Waals surface area contributed by atoms with Crippen molar-refractivity contribution in [3.05, 3.63) is 157 Å².